The molecule has 0 nitrogen and oxygen atoms in total. The van der Waals surface area contributed by atoms with Crippen molar-refractivity contribution in [3.63, 3.8) is 0 Å². The number of rotatable bonds is 3. The minimum absolute atomic E-state index is 0.261. The molecule has 0 radical (unpaired) electrons. The highest BCUT2D eigenvalue weighted by Gasteiger charge is 2.46. The van der Waals surface area contributed by atoms with E-state index in [1.54, 1.807) is 0 Å². The van der Waals surface area contributed by atoms with Gasteiger partial charge in [0.05, 0.1) is 0 Å². The highest BCUT2D eigenvalue weighted by molar-refractivity contribution is 6.32. The molecule has 0 fully saturated rings. The van der Waals surface area contributed by atoms with Crippen LogP contribution in [-0.4, -0.2) is 0 Å². The molecule has 7 aromatic carbocycles. The summed E-state index contributed by atoms with van der Waals surface area (Å²) in [5.41, 5.74) is 15.1. The van der Waals surface area contributed by atoms with Crippen molar-refractivity contribution in [3.8, 4) is 11.1 Å². The molecule has 46 heavy (non-hydrogen) atoms. The molecule has 0 atom stereocenters. The van der Waals surface area contributed by atoms with E-state index in [1.807, 2.05) is 0 Å². The van der Waals surface area contributed by atoms with Gasteiger partial charge in [-0.2, -0.15) is 0 Å². The largest absolute Gasteiger partial charge is 0.0619 e. The maximum atomic E-state index is 2.49. The molecule has 2 aliphatic carbocycles. The lowest BCUT2D eigenvalue weighted by Crippen LogP contribution is -2.25. The van der Waals surface area contributed by atoms with Crippen LogP contribution in [0, 0.1) is 0 Å². The zero-order valence-electron chi connectivity index (χ0n) is 27.1. The monoisotopic (exact) mass is 588 g/mol. The maximum absolute atomic E-state index is 2.49. The van der Waals surface area contributed by atoms with Gasteiger partial charge in [0.15, 0.2) is 0 Å². The third-order valence-corrected chi connectivity index (χ3v) is 11.3. The zero-order valence-corrected chi connectivity index (χ0v) is 27.1. The van der Waals surface area contributed by atoms with E-state index in [-0.39, 0.29) is 5.41 Å². The Morgan fingerprint density at radius 3 is 1.43 bits per heavy atom. The van der Waals surface area contributed by atoms with Crippen LogP contribution >= 0.6 is 0 Å². The van der Waals surface area contributed by atoms with Gasteiger partial charge in [0, 0.05) is 5.41 Å². The Balaban J connectivity index is 1.39. The summed E-state index contributed by atoms with van der Waals surface area (Å²) in [5, 5.41) is 10.6. The van der Waals surface area contributed by atoms with Crippen molar-refractivity contribution in [2.75, 3.05) is 0 Å². The average Bonchev–Trinajstić information content (AvgIpc) is 3.59. The second-order valence-corrected chi connectivity index (χ2v) is 13.4. The van der Waals surface area contributed by atoms with Crippen LogP contribution in [0.3, 0.4) is 0 Å². The van der Waals surface area contributed by atoms with Crippen LogP contribution in [-0.2, 0) is 5.41 Å². The minimum atomic E-state index is -0.261. The highest BCUT2D eigenvalue weighted by atomic mass is 14.5. The second kappa shape index (κ2) is 9.65. The SMILES string of the molecule is CC1=C(C)C1=C(/C(C)=C(\C)c1cc2c3ccccc3c3ccccc3c2c2ccccc12)C1(C)c2ccccc2-c2ccccc21. The van der Waals surface area contributed by atoms with Gasteiger partial charge in [-0.25, -0.2) is 0 Å². The first-order chi connectivity index (χ1) is 22.4. The van der Waals surface area contributed by atoms with Gasteiger partial charge in [0.1, 0.15) is 0 Å². The third-order valence-electron chi connectivity index (χ3n) is 11.3. The van der Waals surface area contributed by atoms with E-state index in [2.05, 4.69) is 162 Å². The smallest absolute Gasteiger partial charge is 0.0444 e. The van der Waals surface area contributed by atoms with Crippen molar-refractivity contribution >= 4 is 48.7 Å². The first kappa shape index (κ1) is 27.1. The molecule has 9 rings (SSSR count). The number of benzene rings is 7. The summed E-state index contributed by atoms with van der Waals surface area (Å²) < 4.78 is 0. The average molecular weight is 589 g/mol. The van der Waals surface area contributed by atoms with Gasteiger partial charge in [-0.15, -0.1) is 0 Å². The number of hydrogen-bond acceptors (Lipinski definition) is 0. The first-order valence-corrected chi connectivity index (χ1v) is 16.5. The molecule has 7 aromatic rings. The quantitative estimate of drug-likeness (QED) is 0.180. The molecule has 220 valence electrons. The summed E-state index contributed by atoms with van der Waals surface area (Å²) in [6, 6.07) is 47.5. The van der Waals surface area contributed by atoms with Crippen LogP contribution in [0.2, 0.25) is 0 Å². The molecular formula is C46H36. The Labute approximate surface area is 271 Å². The summed E-state index contributed by atoms with van der Waals surface area (Å²) >= 11 is 0. The first-order valence-electron chi connectivity index (χ1n) is 16.5. The van der Waals surface area contributed by atoms with Crippen molar-refractivity contribution in [2.24, 2.45) is 0 Å². The minimum Gasteiger partial charge on any atom is -0.0619 e. The molecule has 0 saturated heterocycles. The van der Waals surface area contributed by atoms with E-state index in [0.717, 1.165) is 0 Å². The number of allylic oxidation sites excluding steroid dienone is 6. The summed E-state index contributed by atoms with van der Waals surface area (Å²) in [4.78, 5) is 0. The normalized spacial score (nSPS) is 15.5. The summed E-state index contributed by atoms with van der Waals surface area (Å²) in [7, 11) is 0. The Kier molecular flexibility index (Phi) is 5.69. The van der Waals surface area contributed by atoms with Gasteiger partial charge < -0.3 is 0 Å². The Morgan fingerprint density at radius 1 is 0.478 bits per heavy atom. The standard InChI is InChI=1S/C46H36/c1-27(30(4)45(43-28(2)29(43)3)46(5)41-24-14-12-20-35(41)36-21-13-15-25-42(36)46)39-26-40-33-18-7-6-16-31(33)32-17-8-10-22-37(32)44(40)38-23-11-9-19-34(38)39/h6-26H,1-5H3/b30-27+. The van der Waals surface area contributed by atoms with E-state index in [0.29, 0.717) is 0 Å². The molecule has 0 bridgehead atoms. The molecule has 0 heterocycles. The molecule has 0 amide bonds. The van der Waals surface area contributed by atoms with Crippen LogP contribution < -0.4 is 0 Å². The fourth-order valence-electron chi connectivity index (χ4n) is 8.78. The predicted octanol–water partition coefficient (Wildman–Crippen LogP) is 12.7. The maximum Gasteiger partial charge on any atom is 0.0444 e. The molecule has 0 N–H and O–H groups in total. The third kappa shape index (κ3) is 3.50. The van der Waals surface area contributed by atoms with E-state index in [1.165, 1.54) is 104 Å². The molecule has 0 saturated carbocycles. The van der Waals surface area contributed by atoms with E-state index in [4.69, 9.17) is 0 Å². The lowest BCUT2D eigenvalue weighted by Gasteiger charge is -2.33. The molecular weight excluding hydrogens is 553 g/mol. The zero-order chi connectivity index (χ0) is 31.3. The van der Waals surface area contributed by atoms with Gasteiger partial charge in [0.2, 0.25) is 0 Å². The van der Waals surface area contributed by atoms with Gasteiger partial charge in [0.25, 0.3) is 0 Å². The lowest BCUT2D eigenvalue weighted by molar-refractivity contribution is 0.699. The van der Waals surface area contributed by atoms with Crippen LogP contribution in [0.25, 0.3) is 59.8 Å². The summed E-state index contributed by atoms with van der Waals surface area (Å²) in [6.07, 6.45) is 0. The Hall–Kier alpha value is -5.20. The molecule has 0 aliphatic heterocycles. The summed E-state index contributed by atoms with van der Waals surface area (Å²) in [5.74, 6) is 0. The molecule has 0 heteroatoms. The second-order valence-electron chi connectivity index (χ2n) is 13.4. The van der Waals surface area contributed by atoms with Gasteiger partial charge >= 0.3 is 0 Å². The highest BCUT2D eigenvalue weighted by Crippen LogP contribution is 2.59. The van der Waals surface area contributed by atoms with Crippen molar-refractivity contribution in [1.82, 2.24) is 0 Å². The van der Waals surface area contributed by atoms with Crippen molar-refractivity contribution in [2.45, 2.75) is 40.0 Å². The van der Waals surface area contributed by atoms with Crippen LogP contribution in [0.1, 0.15) is 51.3 Å². The van der Waals surface area contributed by atoms with Crippen molar-refractivity contribution in [1.29, 1.82) is 0 Å². The van der Waals surface area contributed by atoms with Crippen LogP contribution in [0.15, 0.2) is 155 Å². The Bertz CT molecular complexity index is 2500. The van der Waals surface area contributed by atoms with Crippen LogP contribution in [0.4, 0.5) is 0 Å². The molecule has 0 spiro atoms. The lowest BCUT2D eigenvalue weighted by atomic mass is 9.69. The Morgan fingerprint density at radius 2 is 0.891 bits per heavy atom. The van der Waals surface area contributed by atoms with Crippen molar-refractivity contribution < 1.29 is 0 Å². The van der Waals surface area contributed by atoms with E-state index >= 15 is 0 Å². The van der Waals surface area contributed by atoms with E-state index in [9.17, 15) is 0 Å². The van der Waals surface area contributed by atoms with Crippen molar-refractivity contribution in [3.05, 3.63) is 172 Å². The van der Waals surface area contributed by atoms with E-state index < -0.39 is 0 Å². The fourth-order valence-corrected chi connectivity index (χ4v) is 8.78. The number of fused-ring (bicyclic) bond motifs is 11. The predicted molar refractivity (Wildman–Crippen MR) is 198 cm³/mol. The fraction of sp³-hybridized carbons (Fsp3) is 0.130. The molecule has 0 unspecified atom stereocenters. The molecule has 2 aliphatic rings. The summed E-state index contributed by atoms with van der Waals surface area (Å²) in [6.45, 7) is 11.8. The van der Waals surface area contributed by atoms with Gasteiger partial charge in [-0.3, -0.25) is 0 Å². The van der Waals surface area contributed by atoms with Gasteiger partial charge in [-0.05, 0) is 145 Å². The van der Waals surface area contributed by atoms with Gasteiger partial charge in [-0.1, -0.05) is 121 Å². The number of hydrogen-bond donors (Lipinski definition) is 0. The topological polar surface area (TPSA) is 0 Å². The molecule has 0 aromatic heterocycles. The van der Waals surface area contributed by atoms with Crippen LogP contribution in [0.5, 0.6) is 0 Å².